The van der Waals surface area contributed by atoms with Crippen LogP contribution in [0.15, 0.2) is 42.5 Å². The van der Waals surface area contributed by atoms with Crippen LogP contribution in [0.1, 0.15) is 16.7 Å². The Bertz CT molecular complexity index is 644. The highest BCUT2D eigenvalue weighted by molar-refractivity contribution is 6.32. The van der Waals surface area contributed by atoms with Crippen LogP contribution in [0.5, 0.6) is 5.75 Å². The minimum atomic E-state index is -4.41. The van der Waals surface area contributed by atoms with Crippen LogP contribution in [0.3, 0.4) is 0 Å². The number of hydrogen-bond donors (Lipinski definition) is 1. The van der Waals surface area contributed by atoms with E-state index in [1.165, 1.54) is 6.07 Å². The fraction of sp³-hybridized carbons (Fsp3) is 0.250. The largest absolute Gasteiger partial charge is 0.487 e. The van der Waals surface area contributed by atoms with Crippen molar-refractivity contribution in [1.82, 2.24) is 5.32 Å². The van der Waals surface area contributed by atoms with Crippen LogP contribution in [0.25, 0.3) is 0 Å². The van der Waals surface area contributed by atoms with E-state index in [0.29, 0.717) is 0 Å². The molecule has 0 saturated carbocycles. The minimum absolute atomic E-state index is 0.0544. The number of halogens is 4. The standard InChI is InChI=1S/C16H15ClF3NO/c1-21-9-11-3-2-4-12(7-11)10-22-15-6-5-13(8-14(15)17)16(18,19)20/h2-8,21H,9-10H2,1H3. The first kappa shape index (κ1) is 16.6. The molecule has 0 radical (unpaired) electrons. The van der Waals surface area contributed by atoms with Gasteiger partial charge >= 0.3 is 6.18 Å². The summed E-state index contributed by atoms with van der Waals surface area (Å²) in [7, 11) is 1.85. The quantitative estimate of drug-likeness (QED) is 0.861. The number of benzene rings is 2. The molecule has 0 bridgehead atoms. The van der Waals surface area contributed by atoms with Crippen LogP contribution in [0.4, 0.5) is 13.2 Å². The fourth-order valence-corrected chi connectivity index (χ4v) is 2.22. The topological polar surface area (TPSA) is 21.3 Å². The van der Waals surface area contributed by atoms with Crippen molar-refractivity contribution in [2.24, 2.45) is 0 Å². The van der Waals surface area contributed by atoms with E-state index in [2.05, 4.69) is 5.32 Å². The molecule has 2 nitrogen and oxygen atoms in total. The van der Waals surface area contributed by atoms with Crippen LogP contribution < -0.4 is 10.1 Å². The molecule has 2 aromatic rings. The maximum absolute atomic E-state index is 12.6. The van der Waals surface area contributed by atoms with Crippen molar-refractivity contribution in [2.75, 3.05) is 7.05 Å². The van der Waals surface area contributed by atoms with E-state index in [1.807, 2.05) is 31.3 Å². The Balaban J connectivity index is 2.07. The highest BCUT2D eigenvalue weighted by Crippen LogP contribution is 2.34. The Labute approximate surface area is 131 Å². The normalized spacial score (nSPS) is 11.5. The van der Waals surface area contributed by atoms with Crippen molar-refractivity contribution in [3.05, 3.63) is 64.2 Å². The monoisotopic (exact) mass is 329 g/mol. The van der Waals surface area contributed by atoms with E-state index >= 15 is 0 Å². The summed E-state index contributed by atoms with van der Waals surface area (Å²) in [6.45, 7) is 0.970. The molecule has 0 unspecified atom stereocenters. The zero-order chi connectivity index (χ0) is 16.2. The second-order valence-corrected chi connectivity index (χ2v) is 5.19. The van der Waals surface area contributed by atoms with E-state index in [4.69, 9.17) is 16.3 Å². The predicted octanol–water partition coefficient (Wildman–Crippen LogP) is 4.66. The van der Waals surface area contributed by atoms with Gasteiger partial charge in [-0.3, -0.25) is 0 Å². The molecule has 0 saturated heterocycles. The molecule has 2 aromatic carbocycles. The van der Waals surface area contributed by atoms with Crippen LogP contribution in [0.2, 0.25) is 5.02 Å². The van der Waals surface area contributed by atoms with Gasteiger partial charge in [0.05, 0.1) is 10.6 Å². The second kappa shape index (κ2) is 7.03. The third-order valence-electron chi connectivity index (χ3n) is 3.03. The van der Waals surface area contributed by atoms with Gasteiger partial charge < -0.3 is 10.1 Å². The summed E-state index contributed by atoms with van der Waals surface area (Å²) in [4.78, 5) is 0. The zero-order valence-corrected chi connectivity index (χ0v) is 12.6. The molecular weight excluding hydrogens is 315 g/mol. The van der Waals surface area contributed by atoms with E-state index in [0.717, 1.165) is 29.8 Å². The molecule has 0 aliphatic rings. The van der Waals surface area contributed by atoms with Gasteiger partial charge in [-0.1, -0.05) is 35.9 Å². The summed E-state index contributed by atoms with van der Waals surface area (Å²) in [5.74, 6) is 0.230. The lowest BCUT2D eigenvalue weighted by molar-refractivity contribution is -0.137. The van der Waals surface area contributed by atoms with Gasteiger partial charge in [-0.05, 0) is 36.4 Å². The lowest BCUT2D eigenvalue weighted by Gasteiger charge is -2.12. The number of alkyl halides is 3. The van der Waals surface area contributed by atoms with Crippen molar-refractivity contribution in [3.8, 4) is 5.75 Å². The maximum Gasteiger partial charge on any atom is 0.416 e. The van der Waals surface area contributed by atoms with Crippen LogP contribution in [-0.2, 0) is 19.3 Å². The Hall–Kier alpha value is -1.72. The lowest BCUT2D eigenvalue weighted by atomic mass is 10.1. The summed E-state index contributed by atoms with van der Waals surface area (Å²) >= 11 is 5.85. The third kappa shape index (κ3) is 4.39. The molecule has 0 amide bonds. The first-order valence-electron chi connectivity index (χ1n) is 6.62. The highest BCUT2D eigenvalue weighted by atomic mass is 35.5. The van der Waals surface area contributed by atoms with Crippen molar-refractivity contribution in [2.45, 2.75) is 19.3 Å². The Morgan fingerprint density at radius 1 is 1.09 bits per heavy atom. The average molecular weight is 330 g/mol. The summed E-state index contributed by atoms with van der Waals surface area (Å²) < 4.78 is 43.2. The molecule has 0 heterocycles. The third-order valence-corrected chi connectivity index (χ3v) is 3.32. The molecule has 0 aromatic heterocycles. The van der Waals surface area contributed by atoms with Gasteiger partial charge in [-0.25, -0.2) is 0 Å². The van der Waals surface area contributed by atoms with Crippen LogP contribution >= 0.6 is 11.6 Å². The number of rotatable bonds is 5. The van der Waals surface area contributed by atoms with Crippen molar-refractivity contribution in [1.29, 1.82) is 0 Å². The highest BCUT2D eigenvalue weighted by Gasteiger charge is 2.31. The fourth-order valence-electron chi connectivity index (χ4n) is 1.99. The Morgan fingerprint density at radius 2 is 1.82 bits per heavy atom. The zero-order valence-electron chi connectivity index (χ0n) is 11.9. The molecule has 0 aliphatic carbocycles. The van der Waals surface area contributed by atoms with Gasteiger partial charge in [-0.2, -0.15) is 13.2 Å². The van der Waals surface area contributed by atoms with Gasteiger partial charge in [0.15, 0.2) is 0 Å². The molecule has 6 heteroatoms. The Kier molecular flexibility index (Phi) is 5.32. The molecule has 1 N–H and O–H groups in total. The molecular formula is C16H15ClF3NO. The number of ether oxygens (including phenoxy) is 1. The summed E-state index contributed by atoms with van der Waals surface area (Å²) in [5.41, 5.74) is 1.23. The smallest absolute Gasteiger partial charge is 0.416 e. The summed E-state index contributed by atoms with van der Waals surface area (Å²) in [5, 5.41) is 2.99. The van der Waals surface area contributed by atoms with Crippen molar-refractivity contribution < 1.29 is 17.9 Å². The van der Waals surface area contributed by atoms with Gasteiger partial charge in [0.2, 0.25) is 0 Å². The van der Waals surface area contributed by atoms with E-state index in [9.17, 15) is 13.2 Å². The molecule has 22 heavy (non-hydrogen) atoms. The average Bonchev–Trinajstić information content (AvgIpc) is 2.46. The van der Waals surface area contributed by atoms with Gasteiger partial charge in [0.25, 0.3) is 0 Å². The van der Waals surface area contributed by atoms with E-state index < -0.39 is 11.7 Å². The van der Waals surface area contributed by atoms with Crippen LogP contribution in [0, 0.1) is 0 Å². The molecule has 118 valence electrons. The maximum atomic E-state index is 12.6. The SMILES string of the molecule is CNCc1cccc(COc2ccc(C(F)(F)F)cc2Cl)c1. The second-order valence-electron chi connectivity index (χ2n) is 4.78. The van der Waals surface area contributed by atoms with E-state index in [-0.39, 0.29) is 17.4 Å². The summed E-state index contributed by atoms with van der Waals surface area (Å²) in [6.07, 6.45) is -4.41. The van der Waals surface area contributed by atoms with Crippen LogP contribution in [-0.4, -0.2) is 7.05 Å². The van der Waals surface area contributed by atoms with Crippen molar-refractivity contribution in [3.63, 3.8) is 0 Å². The first-order valence-corrected chi connectivity index (χ1v) is 7.00. The molecule has 0 fully saturated rings. The molecule has 0 spiro atoms. The number of nitrogens with one attached hydrogen (secondary N) is 1. The first-order chi connectivity index (χ1) is 10.4. The predicted molar refractivity (Wildman–Crippen MR) is 80.0 cm³/mol. The van der Waals surface area contributed by atoms with Gasteiger partial charge in [0.1, 0.15) is 12.4 Å². The van der Waals surface area contributed by atoms with Gasteiger partial charge in [0, 0.05) is 6.54 Å². The van der Waals surface area contributed by atoms with E-state index in [1.54, 1.807) is 0 Å². The molecule has 2 rings (SSSR count). The Morgan fingerprint density at radius 3 is 2.45 bits per heavy atom. The van der Waals surface area contributed by atoms with Gasteiger partial charge in [-0.15, -0.1) is 0 Å². The summed E-state index contributed by atoms with van der Waals surface area (Å²) in [6, 6.07) is 10.8. The lowest BCUT2D eigenvalue weighted by Crippen LogP contribution is -2.06. The molecule has 0 atom stereocenters. The van der Waals surface area contributed by atoms with Crippen molar-refractivity contribution >= 4 is 11.6 Å². The molecule has 0 aliphatic heterocycles. The number of hydrogen-bond acceptors (Lipinski definition) is 2. The minimum Gasteiger partial charge on any atom is -0.487 e.